The minimum atomic E-state index is -4.15. The molecule has 0 aromatic carbocycles. The summed E-state index contributed by atoms with van der Waals surface area (Å²) in [5.74, 6) is 0. The second-order valence-corrected chi connectivity index (χ2v) is 5.20. The SMILES string of the molecule is CN1CCC=C(c2ccn(CCOCCC(F)(F)F)n2)C1. The molecule has 1 aromatic rings. The average molecular weight is 303 g/mol. The molecule has 7 heteroatoms. The summed E-state index contributed by atoms with van der Waals surface area (Å²) in [4.78, 5) is 2.23. The van der Waals surface area contributed by atoms with Crippen molar-refractivity contribution in [2.75, 3.05) is 33.4 Å². The van der Waals surface area contributed by atoms with Crippen molar-refractivity contribution >= 4 is 5.57 Å². The highest BCUT2D eigenvalue weighted by atomic mass is 19.4. The van der Waals surface area contributed by atoms with Gasteiger partial charge in [0, 0.05) is 19.3 Å². The van der Waals surface area contributed by atoms with Crippen molar-refractivity contribution < 1.29 is 17.9 Å². The topological polar surface area (TPSA) is 30.3 Å². The molecule has 0 saturated heterocycles. The van der Waals surface area contributed by atoms with Gasteiger partial charge in [-0.05, 0) is 25.1 Å². The van der Waals surface area contributed by atoms with Crippen molar-refractivity contribution in [2.45, 2.75) is 25.6 Å². The largest absolute Gasteiger partial charge is 0.391 e. The average Bonchev–Trinajstić information content (AvgIpc) is 2.86. The summed E-state index contributed by atoms with van der Waals surface area (Å²) < 4.78 is 42.5. The molecule has 0 unspecified atom stereocenters. The molecule has 0 N–H and O–H groups in total. The van der Waals surface area contributed by atoms with Crippen molar-refractivity contribution in [2.24, 2.45) is 0 Å². The summed E-state index contributed by atoms with van der Waals surface area (Å²) in [7, 11) is 2.07. The van der Waals surface area contributed by atoms with Crippen LogP contribution in [-0.4, -0.2) is 54.2 Å². The third-order valence-electron chi connectivity index (χ3n) is 3.31. The molecule has 0 spiro atoms. The van der Waals surface area contributed by atoms with Gasteiger partial charge in [-0.1, -0.05) is 6.08 Å². The van der Waals surface area contributed by atoms with E-state index in [4.69, 9.17) is 4.74 Å². The molecule has 0 saturated carbocycles. The summed E-state index contributed by atoms with van der Waals surface area (Å²) in [6, 6.07) is 1.93. The van der Waals surface area contributed by atoms with Crippen LogP contribution in [0.4, 0.5) is 13.2 Å². The first-order chi connectivity index (χ1) is 9.94. The van der Waals surface area contributed by atoms with Gasteiger partial charge in [-0.3, -0.25) is 4.68 Å². The van der Waals surface area contributed by atoms with E-state index in [0.717, 1.165) is 25.2 Å². The van der Waals surface area contributed by atoms with Gasteiger partial charge in [0.25, 0.3) is 0 Å². The summed E-state index contributed by atoms with van der Waals surface area (Å²) >= 11 is 0. The minimum absolute atomic E-state index is 0.232. The zero-order valence-corrected chi connectivity index (χ0v) is 12.1. The molecule has 0 atom stereocenters. The Morgan fingerprint density at radius 1 is 1.33 bits per heavy atom. The molecular weight excluding hydrogens is 283 g/mol. The van der Waals surface area contributed by atoms with Gasteiger partial charge in [0.15, 0.2) is 0 Å². The molecule has 2 heterocycles. The zero-order chi connectivity index (χ0) is 15.3. The lowest BCUT2D eigenvalue weighted by Gasteiger charge is -2.21. The van der Waals surface area contributed by atoms with Gasteiger partial charge >= 0.3 is 6.18 Å². The van der Waals surface area contributed by atoms with Gasteiger partial charge in [0.2, 0.25) is 0 Å². The van der Waals surface area contributed by atoms with Gasteiger partial charge < -0.3 is 9.64 Å². The zero-order valence-electron chi connectivity index (χ0n) is 12.1. The number of hydrogen-bond acceptors (Lipinski definition) is 3. The molecule has 1 aromatic heterocycles. The Kier molecular flexibility index (Phi) is 5.41. The van der Waals surface area contributed by atoms with E-state index in [-0.39, 0.29) is 13.2 Å². The summed E-state index contributed by atoms with van der Waals surface area (Å²) in [5.41, 5.74) is 2.12. The van der Waals surface area contributed by atoms with Crippen LogP contribution in [-0.2, 0) is 11.3 Å². The summed E-state index contributed by atoms with van der Waals surface area (Å²) in [5, 5.41) is 4.43. The summed E-state index contributed by atoms with van der Waals surface area (Å²) in [6.07, 6.45) is -0.0292. The molecule has 0 fully saturated rings. The highest BCUT2D eigenvalue weighted by Crippen LogP contribution is 2.19. The van der Waals surface area contributed by atoms with Crippen LogP contribution in [0.2, 0.25) is 0 Å². The van der Waals surface area contributed by atoms with Crippen LogP contribution in [0.5, 0.6) is 0 Å². The number of hydrogen-bond donors (Lipinski definition) is 0. The second-order valence-electron chi connectivity index (χ2n) is 5.20. The van der Waals surface area contributed by atoms with E-state index in [2.05, 4.69) is 23.1 Å². The Bertz CT molecular complexity index is 482. The molecule has 1 aliphatic heterocycles. The van der Waals surface area contributed by atoms with Gasteiger partial charge in [-0.2, -0.15) is 18.3 Å². The van der Waals surface area contributed by atoms with E-state index < -0.39 is 12.6 Å². The maximum absolute atomic E-state index is 11.9. The monoisotopic (exact) mass is 303 g/mol. The molecule has 21 heavy (non-hydrogen) atoms. The third kappa shape index (κ3) is 5.51. The fraction of sp³-hybridized carbons (Fsp3) is 0.643. The Morgan fingerprint density at radius 2 is 2.14 bits per heavy atom. The molecule has 118 valence electrons. The molecule has 0 aliphatic carbocycles. The quantitative estimate of drug-likeness (QED) is 0.757. The van der Waals surface area contributed by atoms with Crippen LogP contribution in [0.1, 0.15) is 18.5 Å². The first-order valence-corrected chi connectivity index (χ1v) is 7.00. The second kappa shape index (κ2) is 7.09. The Labute approximate surface area is 122 Å². The number of nitrogens with zero attached hydrogens (tertiary/aromatic N) is 3. The smallest absolute Gasteiger partial charge is 0.379 e. The van der Waals surface area contributed by atoms with Gasteiger partial charge in [0.1, 0.15) is 0 Å². The van der Waals surface area contributed by atoms with E-state index in [1.165, 1.54) is 5.57 Å². The molecule has 0 radical (unpaired) electrons. The molecule has 1 aliphatic rings. The molecule has 0 bridgehead atoms. The van der Waals surface area contributed by atoms with Crippen molar-refractivity contribution in [3.63, 3.8) is 0 Å². The number of likely N-dealkylation sites (N-methyl/N-ethyl adjacent to an activating group) is 1. The van der Waals surface area contributed by atoms with Crippen molar-refractivity contribution in [3.05, 3.63) is 24.0 Å². The lowest BCUT2D eigenvalue weighted by atomic mass is 10.1. The number of aromatic nitrogens is 2. The maximum Gasteiger partial charge on any atom is 0.391 e. The maximum atomic E-state index is 11.9. The molecular formula is C14H20F3N3O. The third-order valence-corrected chi connectivity index (χ3v) is 3.31. The minimum Gasteiger partial charge on any atom is -0.379 e. The van der Waals surface area contributed by atoms with Crippen LogP contribution in [0.25, 0.3) is 5.57 Å². The van der Waals surface area contributed by atoms with E-state index in [1.54, 1.807) is 4.68 Å². The Hall–Kier alpha value is -1.34. The van der Waals surface area contributed by atoms with E-state index >= 15 is 0 Å². The number of ether oxygens (including phenoxy) is 1. The number of rotatable bonds is 6. The van der Waals surface area contributed by atoms with Crippen LogP contribution >= 0.6 is 0 Å². The lowest BCUT2D eigenvalue weighted by molar-refractivity contribution is -0.145. The lowest BCUT2D eigenvalue weighted by Crippen LogP contribution is -2.25. The molecule has 0 amide bonds. The van der Waals surface area contributed by atoms with Crippen LogP contribution in [0.15, 0.2) is 18.3 Å². The molecule has 2 rings (SSSR count). The van der Waals surface area contributed by atoms with E-state index in [1.807, 2.05) is 12.3 Å². The Balaban J connectivity index is 1.75. The van der Waals surface area contributed by atoms with Gasteiger partial charge in [-0.15, -0.1) is 0 Å². The standard InChI is InChI=1S/C14H20F3N3O/c1-19-6-2-3-12(11-19)13-4-7-20(18-13)8-10-21-9-5-14(15,16)17/h3-4,7H,2,5-6,8-11H2,1H3. The molecule has 4 nitrogen and oxygen atoms in total. The predicted octanol–water partition coefficient (Wildman–Crippen LogP) is 2.57. The van der Waals surface area contributed by atoms with Crippen molar-refractivity contribution in [3.8, 4) is 0 Å². The van der Waals surface area contributed by atoms with Gasteiger partial charge in [0.05, 0.1) is 31.9 Å². The van der Waals surface area contributed by atoms with Crippen molar-refractivity contribution in [1.82, 2.24) is 14.7 Å². The van der Waals surface area contributed by atoms with Crippen LogP contribution in [0, 0.1) is 0 Å². The first kappa shape index (κ1) is 16.0. The first-order valence-electron chi connectivity index (χ1n) is 7.00. The van der Waals surface area contributed by atoms with E-state index in [0.29, 0.717) is 6.54 Å². The number of halogens is 3. The van der Waals surface area contributed by atoms with Crippen LogP contribution < -0.4 is 0 Å². The highest BCUT2D eigenvalue weighted by molar-refractivity contribution is 5.64. The van der Waals surface area contributed by atoms with Crippen LogP contribution in [0.3, 0.4) is 0 Å². The predicted molar refractivity (Wildman–Crippen MR) is 73.8 cm³/mol. The fourth-order valence-corrected chi connectivity index (χ4v) is 2.18. The normalized spacial score (nSPS) is 17.0. The highest BCUT2D eigenvalue weighted by Gasteiger charge is 2.26. The number of alkyl halides is 3. The summed E-state index contributed by atoms with van der Waals surface area (Å²) in [6.45, 7) is 2.32. The fourth-order valence-electron chi connectivity index (χ4n) is 2.18. The van der Waals surface area contributed by atoms with Gasteiger partial charge in [-0.25, -0.2) is 0 Å². The Morgan fingerprint density at radius 3 is 2.86 bits per heavy atom. The van der Waals surface area contributed by atoms with Crippen molar-refractivity contribution in [1.29, 1.82) is 0 Å². The van der Waals surface area contributed by atoms with E-state index in [9.17, 15) is 13.2 Å².